The highest BCUT2D eigenvalue weighted by Gasteiger charge is 2.45. The van der Waals surface area contributed by atoms with Gasteiger partial charge in [0.15, 0.2) is 6.10 Å². The fourth-order valence-corrected chi connectivity index (χ4v) is 3.96. The summed E-state index contributed by atoms with van der Waals surface area (Å²) in [7, 11) is 0. The number of anilines is 1. The van der Waals surface area contributed by atoms with Crippen LogP contribution in [0.1, 0.15) is 26.7 Å². The van der Waals surface area contributed by atoms with Crippen molar-refractivity contribution in [3.8, 4) is 11.3 Å². The summed E-state index contributed by atoms with van der Waals surface area (Å²) in [5.74, 6) is -1.66. The Balaban J connectivity index is 1.87. The van der Waals surface area contributed by atoms with Gasteiger partial charge in [-0.3, -0.25) is 19.5 Å². The number of benzene rings is 1. The highest BCUT2D eigenvalue weighted by atomic mass is 19.4. The zero-order chi connectivity index (χ0) is 27.2. The molecule has 0 bridgehead atoms. The van der Waals surface area contributed by atoms with Gasteiger partial charge in [0.05, 0.1) is 24.9 Å². The first-order valence-electron chi connectivity index (χ1n) is 11.9. The minimum absolute atomic E-state index is 0.166. The molecule has 3 rings (SSSR count). The van der Waals surface area contributed by atoms with Crippen LogP contribution in [0.3, 0.4) is 0 Å². The lowest BCUT2D eigenvalue weighted by molar-refractivity contribution is -0.215. The lowest BCUT2D eigenvalue weighted by Gasteiger charge is -2.29. The second-order valence-corrected chi connectivity index (χ2v) is 9.06. The molecule has 0 aliphatic carbocycles. The molecule has 2 heterocycles. The van der Waals surface area contributed by atoms with Crippen LogP contribution in [0.4, 0.5) is 23.7 Å². The van der Waals surface area contributed by atoms with Gasteiger partial charge in [0.2, 0.25) is 5.91 Å². The molecule has 202 valence electrons. The molecular formula is C25H30F3N3O6. The van der Waals surface area contributed by atoms with E-state index in [1.54, 1.807) is 30.3 Å². The van der Waals surface area contributed by atoms with Gasteiger partial charge in [0.25, 0.3) is 5.56 Å². The molecule has 3 N–H and O–H groups in total. The molecule has 1 aromatic heterocycles. The number of rotatable bonds is 8. The van der Waals surface area contributed by atoms with Crippen molar-refractivity contribution < 1.29 is 37.3 Å². The minimum atomic E-state index is -4.94. The van der Waals surface area contributed by atoms with E-state index >= 15 is 0 Å². The number of ether oxygens (including phenoxy) is 2. The molecular weight excluding hydrogens is 495 g/mol. The number of aliphatic hydroxyl groups is 1. The number of carbonyl (C=O) groups is 2. The topological polar surface area (TPSA) is 119 Å². The monoisotopic (exact) mass is 525 g/mol. The molecule has 2 aromatic rings. The molecule has 1 aliphatic heterocycles. The van der Waals surface area contributed by atoms with Crippen molar-refractivity contribution >= 4 is 17.7 Å². The number of aromatic nitrogens is 1. The van der Waals surface area contributed by atoms with E-state index in [-0.39, 0.29) is 11.8 Å². The number of pyridine rings is 1. The second-order valence-electron chi connectivity index (χ2n) is 9.06. The molecule has 1 fully saturated rings. The van der Waals surface area contributed by atoms with E-state index in [9.17, 15) is 32.7 Å². The number of hydrogen-bond acceptors (Lipinski definition) is 6. The smallest absolute Gasteiger partial charge is 0.416 e. The van der Waals surface area contributed by atoms with Crippen molar-refractivity contribution in [2.45, 2.75) is 57.7 Å². The Morgan fingerprint density at radius 2 is 1.78 bits per heavy atom. The SMILES string of the molecule is CC(C)C(NC(=O)Cn1c(-c2ccccc2)ccc(NC(=O)OC2CCOCC2)c1=O)C(O)C(F)(F)F. The third-order valence-electron chi connectivity index (χ3n) is 5.95. The maximum absolute atomic E-state index is 13.3. The molecule has 2 unspecified atom stereocenters. The van der Waals surface area contributed by atoms with Crippen LogP contribution >= 0.6 is 0 Å². The molecule has 37 heavy (non-hydrogen) atoms. The summed E-state index contributed by atoms with van der Waals surface area (Å²) in [4.78, 5) is 38.5. The summed E-state index contributed by atoms with van der Waals surface area (Å²) >= 11 is 0. The van der Waals surface area contributed by atoms with E-state index in [1.165, 1.54) is 26.0 Å². The second kappa shape index (κ2) is 12.2. The van der Waals surface area contributed by atoms with Crippen molar-refractivity contribution in [1.29, 1.82) is 0 Å². The zero-order valence-corrected chi connectivity index (χ0v) is 20.5. The van der Waals surface area contributed by atoms with Gasteiger partial charge in [-0.05, 0) is 23.6 Å². The average molecular weight is 526 g/mol. The summed E-state index contributed by atoms with van der Waals surface area (Å²) in [6.45, 7) is 3.10. The summed E-state index contributed by atoms with van der Waals surface area (Å²) in [6, 6.07) is 9.84. The summed E-state index contributed by atoms with van der Waals surface area (Å²) < 4.78 is 50.9. The molecule has 1 aromatic carbocycles. The molecule has 1 saturated heterocycles. The quantitative estimate of drug-likeness (QED) is 0.487. The third kappa shape index (κ3) is 7.56. The fourth-order valence-electron chi connectivity index (χ4n) is 3.96. The van der Waals surface area contributed by atoms with Gasteiger partial charge in [-0.2, -0.15) is 13.2 Å². The lowest BCUT2D eigenvalue weighted by Crippen LogP contribution is -2.53. The molecule has 1 aliphatic rings. The van der Waals surface area contributed by atoms with Crippen molar-refractivity contribution in [2.75, 3.05) is 18.5 Å². The first kappa shape index (κ1) is 28.2. The molecule has 9 nitrogen and oxygen atoms in total. The Morgan fingerprint density at radius 1 is 1.14 bits per heavy atom. The number of nitrogens with one attached hydrogen (secondary N) is 2. The number of hydrogen-bond donors (Lipinski definition) is 3. The average Bonchev–Trinajstić information content (AvgIpc) is 2.85. The van der Waals surface area contributed by atoms with E-state index in [0.717, 1.165) is 4.57 Å². The molecule has 0 radical (unpaired) electrons. The van der Waals surface area contributed by atoms with Crippen LogP contribution in [-0.2, 0) is 20.8 Å². The molecule has 12 heteroatoms. The number of aliphatic hydroxyl groups excluding tert-OH is 1. The van der Waals surface area contributed by atoms with E-state index in [1.807, 2.05) is 0 Å². The zero-order valence-electron chi connectivity index (χ0n) is 20.5. The van der Waals surface area contributed by atoms with Crippen LogP contribution in [0.2, 0.25) is 0 Å². The Morgan fingerprint density at radius 3 is 2.38 bits per heavy atom. The normalized spacial score (nSPS) is 16.2. The number of amides is 2. The summed E-state index contributed by atoms with van der Waals surface area (Å²) in [5, 5.41) is 14.3. The van der Waals surface area contributed by atoms with Gasteiger partial charge < -0.3 is 19.9 Å². The van der Waals surface area contributed by atoms with Crippen LogP contribution in [0.15, 0.2) is 47.3 Å². The van der Waals surface area contributed by atoms with Gasteiger partial charge in [0.1, 0.15) is 18.3 Å². The number of alkyl halides is 3. The Bertz CT molecular complexity index is 1130. The summed E-state index contributed by atoms with van der Waals surface area (Å²) in [6.07, 6.45) is -7.89. The molecule has 2 amide bonds. The standard InChI is InChI=1S/C25H30F3N3O6/c1-15(2)21(22(33)25(26,27)28)30-20(32)14-31-19(16-6-4-3-5-7-16)9-8-18(23(31)34)29-24(35)37-17-10-12-36-13-11-17/h3-9,15,17,21-22,33H,10-14H2,1-2H3,(H,29,35)(H,30,32). The predicted molar refractivity (Wildman–Crippen MR) is 129 cm³/mol. The predicted octanol–water partition coefficient (Wildman–Crippen LogP) is 3.31. The van der Waals surface area contributed by atoms with Crippen LogP contribution < -0.4 is 16.2 Å². The fraction of sp³-hybridized carbons (Fsp3) is 0.480. The van der Waals surface area contributed by atoms with Gasteiger partial charge in [-0.25, -0.2) is 4.79 Å². The van der Waals surface area contributed by atoms with E-state index < -0.39 is 48.3 Å². The first-order chi connectivity index (χ1) is 17.5. The van der Waals surface area contributed by atoms with Gasteiger partial charge in [-0.15, -0.1) is 0 Å². The molecule has 0 saturated carbocycles. The van der Waals surface area contributed by atoms with Crippen molar-refractivity contribution in [3.05, 3.63) is 52.8 Å². The highest BCUT2D eigenvalue weighted by Crippen LogP contribution is 2.26. The largest absolute Gasteiger partial charge is 0.446 e. The molecule has 0 spiro atoms. The molecule has 2 atom stereocenters. The number of carbonyl (C=O) groups excluding carboxylic acids is 2. The summed E-state index contributed by atoms with van der Waals surface area (Å²) in [5.41, 5.74) is -0.0424. The van der Waals surface area contributed by atoms with Crippen molar-refractivity contribution in [2.24, 2.45) is 5.92 Å². The van der Waals surface area contributed by atoms with Crippen molar-refractivity contribution in [1.82, 2.24) is 9.88 Å². The maximum Gasteiger partial charge on any atom is 0.416 e. The van der Waals surface area contributed by atoms with Gasteiger partial charge >= 0.3 is 12.3 Å². The lowest BCUT2D eigenvalue weighted by atomic mass is 9.98. The van der Waals surface area contributed by atoms with Gasteiger partial charge in [-0.1, -0.05) is 44.2 Å². The Hall–Kier alpha value is -3.38. The van der Waals surface area contributed by atoms with Crippen LogP contribution in [-0.4, -0.2) is 59.3 Å². The Labute approximate surface area is 211 Å². The Kier molecular flexibility index (Phi) is 9.33. The minimum Gasteiger partial charge on any atom is -0.446 e. The third-order valence-corrected chi connectivity index (χ3v) is 5.95. The van der Waals surface area contributed by atoms with Crippen LogP contribution in [0, 0.1) is 5.92 Å². The first-order valence-corrected chi connectivity index (χ1v) is 11.9. The van der Waals surface area contributed by atoms with Gasteiger partial charge in [0, 0.05) is 12.8 Å². The maximum atomic E-state index is 13.3. The number of halogens is 3. The van der Waals surface area contributed by atoms with E-state index in [2.05, 4.69) is 10.6 Å². The van der Waals surface area contributed by atoms with Crippen molar-refractivity contribution in [3.63, 3.8) is 0 Å². The van der Waals surface area contributed by atoms with Crippen LogP contribution in [0.25, 0.3) is 11.3 Å². The van der Waals surface area contributed by atoms with Crippen LogP contribution in [0.5, 0.6) is 0 Å². The highest BCUT2D eigenvalue weighted by molar-refractivity contribution is 5.85. The van der Waals surface area contributed by atoms with E-state index in [0.29, 0.717) is 37.3 Å². The van der Waals surface area contributed by atoms with E-state index in [4.69, 9.17) is 9.47 Å². The number of nitrogens with zero attached hydrogens (tertiary/aromatic N) is 1.